The number of nitrogens with zero attached hydrogens (tertiary/aromatic N) is 4. The third-order valence-electron chi connectivity index (χ3n) is 2.68. The zero-order valence-electron chi connectivity index (χ0n) is 11.2. The molecule has 5 heteroatoms. The lowest BCUT2D eigenvalue weighted by atomic mass is 10.2. The molecule has 98 valence electrons. The van der Waals surface area contributed by atoms with E-state index >= 15 is 0 Å². The minimum atomic E-state index is 0.346. The Balaban J connectivity index is 2.05. The highest BCUT2D eigenvalue weighted by Crippen LogP contribution is 2.08. The molecule has 0 aliphatic heterocycles. The minimum Gasteiger partial charge on any atom is -0.312 e. The molecule has 0 spiro atoms. The fourth-order valence-corrected chi connectivity index (χ4v) is 1.74. The van der Waals surface area contributed by atoms with Crippen LogP contribution in [0.25, 0.3) is 5.82 Å². The predicted molar refractivity (Wildman–Crippen MR) is 72.6 cm³/mol. The van der Waals surface area contributed by atoms with E-state index in [0.29, 0.717) is 17.6 Å². The Bertz CT molecular complexity index is 562. The van der Waals surface area contributed by atoms with E-state index in [1.807, 2.05) is 24.4 Å². The van der Waals surface area contributed by atoms with E-state index in [9.17, 15) is 0 Å². The largest absolute Gasteiger partial charge is 0.312 e. The molecule has 0 aromatic carbocycles. The molecular weight excluding hydrogens is 238 g/mol. The second-order valence-corrected chi connectivity index (χ2v) is 4.78. The number of aromatic nitrogens is 3. The zero-order chi connectivity index (χ0) is 13.7. The van der Waals surface area contributed by atoms with Crippen LogP contribution >= 0.6 is 0 Å². The van der Waals surface area contributed by atoms with Gasteiger partial charge in [-0.15, -0.1) is 0 Å². The van der Waals surface area contributed by atoms with Crippen LogP contribution in [-0.4, -0.2) is 21.1 Å². The van der Waals surface area contributed by atoms with Gasteiger partial charge in [-0.3, -0.25) is 4.57 Å². The normalized spacial score (nSPS) is 10.6. The highest BCUT2D eigenvalue weighted by atomic mass is 15.1. The van der Waals surface area contributed by atoms with Crippen molar-refractivity contribution in [1.29, 1.82) is 5.26 Å². The van der Waals surface area contributed by atoms with Crippen molar-refractivity contribution in [2.45, 2.75) is 20.4 Å². The van der Waals surface area contributed by atoms with Gasteiger partial charge in [0.1, 0.15) is 11.9 Å². The first-order valence-corrected chi connectivity index (χ1v) is 6.30. The maximum Gasteiger partial charge on any atom is 0.218 e. The lowest BCUT2D eigenvalue weighted by Gasteiger charge is -2.08. The predicted octanol–water partition coefficient (Wildman–Crippen LogP) is 1.88. The SMILES string of the molecule is CC(C)CNCc1ccc(-n2ccnc2C#N)nc1. The first-order valence-electron chi connectivity index (χ1n) is 6.30. The number of nitriles is 1. The maximum absolute atomic E-state index is 8.92. The molecule has 0 saturated carbocycles. The molecular formula is C14H17N5. The second-order valence-electron chi connectivity index (χ2n) is 4.78. The third-order valence-corrected chi connectivity index (χ3v) is 2.68. The Morgan fingerprint density at radius 1 is 1.37 bits per heavy atom. The van der Waals surface area contributed by atoms with Gasteiger partial charge in [0, 0.05) is 25.1 Å². The van der Waals surface area contributed by atoms with E-state index in [1.54, 1.807) is 17.0 Å². The Hall–Kier alpha value is -2.19. The van der Waals surface area contributed by atoms with Crippen LogP contribution in [0, 0.1) is 17.2 Å². The molecule has 2 aromatic rings. The van der Waals surface area contributed by atoms with Crippen LogP contribution in [-0.2, 0) is 6.54 Å². The van der Waals surface area contributed by atoms with Crippen LogP contribution in [0.5, 0.6) is 0 Å². The summed E-state index contributed by atoms with van der Waals surface area (Å²) in [5, 5.41) is 12.3. The van der Waals surface area contributed by atoms with Gasteiger partial charge in [-0.05, 0) is 24.1 Å². The van der Waals surface area contributed by atoms with Crippen molar-refractivity contribution in [3.05, 3.63) is 42.1 Å². The van der Waals surface area contributed by atoms with Crippen molar-refractivity contribution in [2.75, 3.05) is 6.54 Å². The number of imidazole rings is 1. The number of pyridine rings is 1. The molecule has 0 radical (unpaired) electrons. The summed E-state index contributed by atoms with van der Waals surface area (Å²) in [5.74, 6) is 1.69. The summed E-state index contributed by atoms with van der Waals surface area (Å²) in [6.07, 6.45) is 5.15. The van der Waals surface area contributed by atoms with Crippen molar-refractivity contribution in [2.24, 2.45) is 5.92 Å². The van der Waals surface area contributed by atoms with Crippen LogP contribution < -0.4 is 5.32 Å². The van der Waals surface area contributed by atoms with E-state index < -0.39 is 0 Å². The lowest BCUT2D eigenvalue weighted by Crippen LogP contribution is -2.19. The van der Waals surface area contributed by atoms with Crippen LogP contribution in [0.1, 0.15) is 25.2 Å². The van der Waals surface area contributed by atoms with Crippen molar-refractivity contribution in [3.8, 4) is 11.9 Å². The van der Waals surface area contributed by atoms with E-state index in [0.717, 1.165) is 18.7 Å². The summed E-state index contributed by atoms with van der Waals surface area (Å²) in [5.41, 5.74) is 1.13. The number of hydrogen-bond donors (Lipinski definition) is 1. The Labute approximate surface area is 112 Å². The molecule has 1 N–H and O–H groups in total. The summed E-state index contributed by atoms with van der Waals surface area (Å²) in [7, 11) is 0. The molecule has 0 aliphatic rings. The van der Waals surface area contributed by atoms with E-state index in [1.165, 1.54) is 0 Å². The monoisotopic (exact) mass is 255 g/mol. The van der Waals surface area contributed by atoms with Crippen LogP contribution in [0.15, 0.2) is 30.7 Å². The van der Waals surface area contributed by atoms with Gasteiger partial charge >= 0.3 is 0 Å². The Morgan fingerprint density at radius 2 is 2.21 bits per heavy atom. The Kier molecular flexibility index (Phi) is 4.26. The first-order chi connectivity index (χ1) is 9.20. The lowest BCUT2D eigenvalue weighted by molar-refractivity contribution is 0.552. The highest BCUT2D eigenvalue weighted by Gasteiger charge is 2.04. The molecule has 0 bridgehead atoms. The van der Waals surface area contributed by atoms with Crippen molar-refractivity contribution in [3.63, 3.8) is 0 Å². The minimum absolute atomic E-state index is 0.346. The van der Waals surface area contributed by atoms with Crippen LogP contribution in [0.3, 0.4) is 0 Å². The summed E-state index contributed by atoms with van der Waals surface area (Å²) >= 11 is 0. The van der Waals surface area contributed by atoms with Crippen molar-refractivity contribution in [1.82, 2.24) is 19.9 Å². The summed E-state index contributed by atoms with van der Waals surface area (Å²) < 4.78 is 1.67. The van der Waals surface area contributed by atoms with Gasteiger partial charge in [-0.1, -0.05) is 19.9 Å². The number of hydrogen-bond acceptors (Lipinski definition) is 4. The molecule has 19 heavy (non-hydrogen) atoms. The molecule has 0 atom stereocenters. The molecule has 0 aliphatic carbocycles. The molecule has 2 rings (SSSR count). The summed E-state index contributed by atoms with van der Waals surface area (Å²) in [6.45, 7) is 6.15. The topological polar surface area (TPSA) is 66.5 Å². The maximum atomic E-state index is 8.92. The number of nitrogens with one attached hydrogen (secondary N) is 1. The van der Waals surface area contributed by atoms with Gasteiger partial charge < -0.3 is 5.32 Å². The standard InChI is InChI=1S/C14H17N5/c1-11(2)8-16-9-12-3-4-13(18-10-12)19-6-5-17-14(19)7-15/h3-6,10-11,16H,8-9H2,1-2H3. The van der Waals surface area contributed by atoms with Gasteiger partial charge in [0.2, 0.25) is 5.82 Å². The smallest absolute Gasteiger partial charge is 0.218 e. The summed E-state index contributed by atoms with van der Waals surface area (Å²) in [4.78, 5) is 8.31. The van der Waals surface area contributed by atoms with Crippen molar-refractivity contribution >= 4 is 0 Å². The van der Waals surface area contributed by atoms with E-state index in [2.05, 4.69) is 29.1 Å². The fourth-order valence-electron chi connectivity index (χ4n) is 1.74. The van der Waals surface area contributed by atoms with Gasteiger partial charge in [0.15, 0.2) is 0 Å². The molecule has 5 nitrogen and oxygen atoms in total. The fraction of sp³-hybridized carbons (Fsp3) is 0.357. The summed E-state index contributed by atoms with van der Waals surface area (Å²) in [6, 6.07) is 5.94. The van der Waals surface area contributed by atoms with E-state index in [4.69, 9.17) is 5.26 Å². The van der Waals surface area contributed by atoms with Gasteiger partial charge in [0.25, 0.3) is 0 Å². The van der Waals surface area contributed by atoms with Gasteiger partial charge in [-0.2, -0.15) is 5.26 Å². The van der Waals surface area contributed by atoms with Crippen LogP contribution in [0.2, 0.25) is 0 Å². The highest BCUT2D eigenvalue weighted by molar-refractivity contribution is 5.30. The number of rotatable bonds is 5. The third kappa shape index (κ3) is 3.39. The Morgan fingerprint density at radius 3 is 2.84 bits per heavy atom. The molecule has 0 unspecified atom stereocenters. The first kappa shape index (κ1) is 13.2. The van der Waals surface area contributed by atoms with E-state index in [-0.39, 0.29) is 0 Å². The van der Waals surface area contributed by atoms with Crippen LogP contribution in [0.4, 0.5) is 0 Å². The molecule has 0 fully saturated rings. The molecule has 0 amide bonds. The van der Waals surface area contributed by atoms with Gasteiger partial charge in [0.05, 0.1) is 0 Å². The molecule has 2 heterocycles. The van der Waals surface area contributed by atoms with Gasteiger partial charge in [-0.25, -0.2) is 9.97 Å². The average molecular weight is 255 g/mol. The molecule has 0 saturated heterocycles. The molecule has 2 aromatic heterocycles. The zero-order valence-corrected chi connectivity index (χ0v) is 11.2. The average Bonchev–Trinajstić information content (AvgIpc) is 2.87. The second kappa shape index (κ2) is 6.12. The quantitative estimate of drug-likeness (QED) is 0.886. The van der Waals surface area contributed by atoms with Crippen molar-refractivity contribution < 1.29 is 0 Å².